The third kappa shape index (κ3) is 2.55. The van der Waals surface area contributed by atoms with E-state index in [-0.39, 0.29) is 12.8 Å². The van der Waals surface area contributed by atoms with Crippen LogP contribution < -0.4 is 0 Å². The van der Waals surface area contributed by atoms with Gasteiger partial charge in [0.25, 0.3) is 7.37 Å². The Morgan fingerprint density at radius 2 is 2.21 bits per heavy atom. The molecule has 1 aliphatic rings. The smallest absolute Gasteiger partial charge is 0.260 e. The highest BCUT2D eigenvalue weighted by molar-refractivity contribution is 7.59. The van der Waals surface area contributed by atoms with Gasteiger partial charge in [0.2, 0.25) is 6.03 Å². The van der Waals surface area contributed by atoms with Crippen molar-refractivity contribution in [3.63, 3.8) is 0 Å². The van der Waals surface area contributed by atoms with E-state index in [4.69, 9.17) is 19.1 Å². The van der Waals surface area contributed by atoms with Gasteiger partial charge in [-0.15, -0.1) is 0 Å². The van der Waals surface area contributed by atoms with Crippen LogP contribution in [0.3, 0.4) is 0 Å². The Labute approximate surface area is 83.8 Å². The first-order chi connectivity index (χ1) is 6.66. The molecule has 0 saturated carbocycles. The Kier molecular flexibility index (Phi) is 4.54. The summed E-state index contributed by atoms with van der Waals surface area (Å²) in [4.78, 5) is 0. The van der Waals surface area contributed by atoms with Crippen molar-refractivity contribution in [1.82, 2.24) is 0 Å². The molecule has 5 nitrogen and oxygen atoms in total. The largest absolute Gasteiger partial charge is 0.394 e. The molecule has 0 unspecified atom stereocenters. The van der Waals surface area contributed by atoms with Gasteiger partial charge in [0.1, 0.15) is 0 Å². The van der Waals surface area contributed by atoms with Crippen LogP contribution >= 0.6 is 7.37 Å². The summed E-state index contributed by atoms with van der Waals surface area (Å²) in [6.07, 6.45) is -0.189. The minimum atomic E-state index is -2.87. The zero-order valence-corrected chi connectivity index (χ0v) is 9.40. The zero-order chi connectivity index (χ0) is 10.6. The van der Waals surface area contributed by atoms with Crippen LogP contribution in [0.1, 0.15) is 13.8 Å². The molecule has 0 aromatic heterocycles. The van der Waals surface area contributed by atoms with E-state index in [0.717, 1.165) is 0 Å². The maximum atomic E-state index is 12.1. The van der Waals surface area contributed by atoms with Gasteiger partial charge in [-0.1, -0.05) is 0 Å². The highest BCUT2D eigenvalue weighted by Crippen LogP contribution is 2.58. The van der Waals surface area contributed by atoms with E-state index in [1.54, 1.807) is 13.8 Å². The van der Waals surface area contributed by atoms with Crippen LogP contribution in [0.4, 0.5) is 0 Å². The quantitative estimate of drug-likeness (QED) is 0.706. The Balaban J connectivity index is 2.65. The summed E-state index contributed by atoms with van der Waals surface area (Å²) >= 11 is 0. The molecule has 0 bridgehead atoms. The molecule has 0 aliphatic carbocycles. The monoisotopic (exact) mass is 224 g/mol. The fourth-order valence-corrected chi connectivity index (χ4v) is 3.74. The van der Waals surface area contributed by atoms with Crippen LogP contribution in [0.25, 0.3) is 0 Å². The highest BCUT2D eigenvalue weighted by atomic mass is 31.2. The lowest BCUT2D eigenvalue weighted by Crippen LogP contribution is -2.17. The van der Waals surface area contributed by atoms with Crippen molar-refractivity contribution in [3.05, 3.63) is 0 Å². The molecule has 1 heterocycles. The molecule has 1 N–H and O–H groups in total. The van der Waals surface area contributed by atoms with Crippen LogP contribution in [-0.4, -0.2) is 43.2 Å². The summed E-state index contributed by atoms with van der Waals surface area (Å²) in [6.45, 7) is 4.20. The van der Waals surface area contributed by atoms with Crippen molar-refractivity contribution in [3.8, 4) is 0 Å². The maximum absolute atomic E-state index is 12.1. The van der Waals surface area contributed by atoms with Gasteiger partial charge in [-0.2, -0.15) is 0 Å². The van der Waals surface area contributed by atoms with Gasteiger partial charge in [-0.25, -0.2) is 0 Å². The van der Waals surface area contributed by atoms with Crippen LogP contribution in [0, 0.1) is 0 Å². The van der Waals surface area contributed by atoms with Crippen molar-refractivity contribution in [2.45, 2.75) is 26.0 Å². The SMILES string of the molecule is CCO[C@@H]1O[C@H](CO)C[P@]1(=O)OCC. The lowest BCUT2D eigenvalue weighted by atomic mass is 10.4. The van der Waals surface area contributed by atoms with Crippen molar-refractivity contribution in [2.75, 3.05) is 26.0 Å². The summed E-state index contributed by atoms with van der Waals surface area (Å²) in [6, 6.07) is -0.801. The lowest BCUT2D eigenvalue weighted by Gasteiger charge is -2.17. The van der Waals surface area contributed by atoms with E-state index < -0.39 is 19.5 Å². The molecule has 1 aliphatic heterocycles. The molecular weight excluding hydrogens is 207 g/mol. The topological polar surface area (TPSA) is 65.0 Å². The van der Waals surface area contributed by atoms with Gasteiger partial charge >= 0.3 is 0 Å². The maximum Gasteiger partial charge on any atom is 0.260 e. The van der Waals surface area contributed by atoms with Gasteiger partial charge < -0.3 is 19.1 Å². The van der Waals surface area contributed by atoms with Gasteiger partial charge in [0, 0.05) is 6.61 Å². The molecular formula is C8H17O5P. The van der Waals surface area contributed by atoms with Crippen LogP contribution in [0.5, 0.6) is 0 Å². The van der Waals surface area contributed by atoms with Crippen molar-refractivity contribution < 1.29 is 23.7 Å². The molecule has 14 heavy (non-hydrogen) atoms. The molecule has 84 valence electrons. The number of hydrogen-bond acceptors (Lipinski definition) is 5. The standard InChI is InChI=1S/C8H17O5P/c1-3-11-8-13-7(5-9)6-14(8,10)12-4-2/h7-9H,3-6H2,1-2H3/t7-,8-,14+/m1/s1. The second kappa shape index (κ2) is 5.24. The third-order valence-corrected chi connectivity index (χ3v) is 4.47. The number of hydrogen-bond donors (Lipinski definition) is 1. The molecule has 0 amide bonds. The Hall–Kier alpha value is 0.0700. The molecule has 6 heteroatoms. The van der Waals surface area contributed by atoms with Crippen LogP contribution in [0.2, 0.25) is 0 Å². The van der Waals surface area contributed by atoms with Crippen LogP contribution in [0.15, 0.2) is 0 Å². The highest BCUT2D eigenvalue weighted by Gasteiger charge is 2.46. The average Bonchev–Trinajstić information content (AvgIpc) is 2.45. The third-order valence-electron chi connectivity index (χ3n) is 1.95. The Bertz CT molecular complexity index is 220. The molecule has 0 spiro atoms. The van der Waals surface area contributed by atoms with Gasteiger partial charge in [-0.3, -0.25) is 4.57 Å². The second-order valence-corrected chi connectivity index (χ2v) is 5.53. The fourth-order valence-electron chi connectivity index (χ4n) is 1.40. The average molecular weight is 224 g/mol. The summed E-state index contributed by atoms with van der Waals surface area (Å²) in [5.41, 5.74) is 0. The predicted molar refractivity (Wildman–Crippen MR) is 51.5 cm³/mol. The second-order valence-electron chi connectivity index (χ2n) is 3.03. The summed E-state index contributed by atoms with van der Waals surface area (Å²) in [7, 11) is -2.87. The van der Waals surface area contributed by atoms with Crippen molar-refractivity contribution in [2.24, 2.45) is 0 Å². The van der Waals surface area contributed by atoms with E-state index in [0.29, 0.717) is 13.2 Å². The first kappa shape index (κ1) is 12.1. The number of aliphatic hydroxyl groups is 1. The molecule has 3 atom stereocenters. The first-order valence-corrected chi connectivity index (χ1v) is 6.65. The molecule has 1 rings (SSSR count). The number of ether oxygens (including phenoxy) is 2. The fraction of sp³-hybridized carbons (Fsp3) is 1.00. The molecule has 1 saturated heterocycles. The van der Waals surface area contributed by atoms with E-state index in [9.17, 15) is 4.57 Å². The molecule has 0 aromatic carbocycles. The van der Waals surface area contributed by atoms with Crippen molar-refractivity contribution >= 4 is 7.37 Å². The number of rotatable bonds is 5. The van der Waals surface area contributed by atoms with E-state index in [1.165, 1.54) is 0 Å². The first-order valence-electron chi connectivity index (χ1n) is 4.77. The van der Waals surface area contributed by atoms with Crippen molar-refractivity contribution in [1.29, 1.82) is 0 Å². The summed E-state index contributed by atoms with van der Waals surface area (Å²) < 4.78 is 27.7. The normalized spacial score (nSPS) is 37.6. The predicted octanol–water partition coefficient (Wildman–Crippen LogP) is 1.01. The van der Waals surface area contributed by atoms with Crippen LogP contribution in [-0.2, 0) is 18.6 Å². The zero-order valence-electron chi connectivity index (χ0n) is 8.51. The van der Waals surface area contributed by atoms with E-state index >= 15 is 0 Å². The molecule has 0 aromatic rings. The minimum absolute atomic E-state index is 0.152. The molecule has 1 fully saturated rings. The van der Waals surface area contributed by atoms with E-state index in [1.807, 2.05) is 0 Å². The van der Waals surface area contributed by atoms with Gasteiger partial charge in [0.15, 0.2) is 0 Å². The minimum Gasteiger partial charge on any atom is -0.394 e. The Morgan fingerprint density at radius 3 is 2.71 bits per heavy atom. The number of aliphatic hydroxyl groups excluding tert-OH is 1. The summed E-state index contributed by atoms with van der Waals surface area (Å²) in [5, 5.41) is 8.90. The lowest BCUT2D eigenvalue weighted by molar-refractivity contribution is -0.111. The van der Waals surface area contributed by atoms with Gasteiger partial charge in [0.05, 0.1) is 25.5 Å². The van der Waals surface area contributed by atoms with E-state index in [2.05, 4.69) is 0 Å². The Morgan fingerprint density at radius 1 is 1.50 bits per heavy atom. The molecule has 0 radical (unpaired) electrons. The summed E-state index contributed by atoms with van der Waals surface area (Å²) in [5.74, 6) is 0. The van der Waals surface area contributed by atoms with Gasteiger partial charge in [-0.05, 0) is 13.8 Å².